The number of nitrogens with one attached hydrogen (secondary N) is 1. The summed E-state index contributed by atoms with van der Waals surface area (Å²) >= 11 is 0. The summed E-state index contributed by atoms with van der Waals surface area (Å²) in [6, 6.07) is 4.29. The molecule has 5 heteroatoms. The minimum atomic E-state index is -1.02. The molecule has 1 aliphatic heterocycles. The van der Waals surface area contributed by atoms with E-state index in [0.29, 0.717) is 12.2 Å². The van der Waals surface area contributed by atoms with Gasteiger partial charge >= 0.3 is 5.97 Å². The number of rotatable bonds is 4. The first kappa shape index (κ1) is 13.4. The largest absolute Gasteiger partial charge is 0.493 e. The number of carboxylic acids is 1. The van der Waals surface area contributed by atoms with E-state index < -0.39 is 12.0 Å². The summed E-state index contributed by atoms with van der Waals surface area (Å²) in [5, 5.41) is 11.6. The third kappa shape index (κ3) is 2.86. The number of carbonyl (C=O) groups is 2. The Kier molecular flexibility index (Phi) is 3.74. The third-order valence-corrected chi connectivity index (χ3v) is 3.17. The number of aliphatic carboxylic acids is 1. The van der Waals surface area contributed by atoms with Crippen LogP contribution in [-0.4, -0.2) is 29.6 Å². The molecule has 0 aromatic heterocycles. The number of hydrogen-bond acceptors (Lipinski definition) is 3. The van der Waals surface area contributed by atoms with Crippen LogP contribution in [0.5, 0.6) is 5.75 Å². The number of fused-ring (bicyclic) bond motifs is 1. The van der Waals surface area contributed by atoms with Gasteiger partial charge < -0.3 is 15.2 Å². The number of benzene rings is 1. The van der Waals surface area contributed by atoms with Crippen molar-refractivity contribution in [1.82, 2.24) is 5.32 Å². The monoisotopic (exact) mass is 263 g/mol. The Bertz CT molecular complexity index is 510. The molecule has 1 heterocycles. The van der Waals surface area contributed by atoms with Crippen molar-refractivity contribution in [3.8, 4) is 5.75 Å². The van der Waals surface area contributed by atoms with Crippen molar-refractivity contribution >= 4 is 11.9 Å². The van der Waals surface area contributed by atoms with Crippen LogP contribution in [0.4, 0.5) is 0 Å². The first-order valence-corrected chi connectivity index (χ1v) is 6.28. The van der Waals surface area contributed by atoms with Gasteiger partial charge in [0, 0.05) is 12.0 Å². The molecule has 0 aliphatic carbocycles. The average Bonchev–Trinajstić information content (AvgIpc) is 2.81. The van der Waals surface area contributed by atoms with Crippen molar-refractivity contribution in [3.63, 3.8) is 0 Å². The summed E-state index contributed by atoms with van der Waals surface area (Å²) in [5.74, 6) is -0.752. The number of carboxylic acid groups (broad SMARTS) is 1. The van der Waals surface area contributed by atoms with Crippen molar-refractivity contribution in [1.29, 1.82) is 0 Å². The molecule has 2 rings (SSSR count). The van der Waals surface area contributed by atoms with Crippen LogP contribution >= 0.6 is 0 Å². The van der Waals surface area contributed by atoms with Crippen molar-refractivity contribution in [2.45, 2.75) is 26.3 Å². The fourth-order valence-corrected chi connectivity index (χ4v) is 2.07. The summed E-state index contributed by atoms with van der Waals surface area (Å²) in [6.45, 7) is 4.15. The minimum Gasteiger partial charge on any atom is -0.493 e. The molecule has 102 valence electrons. The highest BCUT2D eigenvalue weighted by atomic mass is 16.5. The highest BCUT2D eigenvalue weighted by Crippen LogP contribution is 2.25. The first-order valence-electron chi connectivity index (χ1n) is 6.28. The summed E-state index contributed by atoms with van der Waals surface area (Å²) in [6.07, 6.45) is 0.781. The Morgan fingerprint density at radius 1 is 1.37 bits per heavy atom. The van der Waals surface area contributed by atoms with E-state index in [1.807, 2.05) is 0 Å². The van der Waals surface area contributed by atoms with Crippen molar-refractivity contribution in [2.24, 2.45) is 5.92 Å². The lowest BCUT2D eigenvalue weighted by Crippen LogP contribution is -2.44. The zero-order valence-electron chi connectivity index (χ0n) is 11.0. The first-order chi connectivity index (χ1) is 8.99. The minimum absolute atomic E-state index is 0.167. The maximum Gasteiger partial charge on any atom is 0.326 e. The lowest BCUT2D eigenvalue weighted by molar-refractivity contribution is -0.140. The van der Waals surface area contributed by atoms with E-state index in [1.165, 1.54) is 0 Å². The van der Waals surface area contributed by atoms with Gasteiger partial charge in [-0.2, -0.15) is 0 Å². The molecule has 1 aromatic carbocycles. The summed E-state index contributed by atoms with van der Waals surface area (Å²) in [7, 11) is 0. The zero-order chi connectivity index (χ0) is 14.0. The average molecular weight is 263 g/mol. The molecule has 0 saturated carbocycles. The van der Waals surface area contributed by atoms with Gasteiger partial charge in [-0.1, -0.05) is 13.8 Å². The second kappa shape index (κ2) is 5.30. The van der Waals surface area contributed by atoms with Crippen LogP contribution in [0.1, 0.15) is 29.8 Å². The normalized spacial score (nSPS) is 14.7. The van der Waals surface area contributed by atoms with Crippen LogP contribution in [0.3, 0.4) is 0 Å². The molecule has 1 atom stereocenters. The van der Waals surface area contributed by atoms with Crippen LogP contribution in [0.2, 0.25) is 0 Å². The predicted molar refractivity (Wildman–Crippen MR) is 69.4 cm³/mol. The lowest BCUT2D eigenvalue weighted by Gasteiger charge is -2.18. The number of ether oxygens (including phenoxy) is 1. The molecule has 2 N–H and O–H groups in total. The highest BCUT2D eigenvalue weighted by Gasteiger charge is 2.24. The SMILES string of the molecule is CC(C)[C@@H](NC(=O)c1ccc2c(c1)CCO2)C(=O)O. The molecule has 1 aliphatic rings. The second-order valence-corrected chi connectivity index (χ2v) is 4.95. The summed E-state index contributed by atoms with van der Waals surface area (Å²) in [5.41, 5.74) is 1.46. The van der Waals surface area contributed by atoms with Gasteiger partial charge in [0.1, 0.15) is 11.8 Å². The summed E-state index contributed by atoms with van der Waals surface area (Å²) in [4.78, 5) is 23.1. The standard InChI is InChI=1S/C14H17NO4/c1-8(2)12(14(17)18)15-13(16)10-3-4-11-9(7-10)5-6-19-11/h3-4,7-8,12H,5-6H2,1-2H3,(H,15,16)(H,17,18)/t12-/m1/s1. The van der Waals surface area contributed by atoms with Crippen LogP contribution in [0, 0.1) is 5.92 Å². The van der Waals surface area contributed by atoms with Gasteiger partial charge in [-0.05, 0) is 29.7 Å². The molecule has 0 spiro atoms. The second-order valence-electron chi connectivity index (χ2n) is 4.95. The lowest BCUT2D eigenvalue weighted by atomic mass is 10.0. The molecule has 5 nitrogen and oxygen atoms in total. The third-order valence-electron chi connectivity index (χ3n) is 3.17. The van der Waals surface area contributed by atoms with Gasteiger partial charge in [-0.3, -0.25) is 4.79 Å². The van der Waals surface area contributed by atoms with Crippen LogP contribution < -0.4 is 10.1 Å². The van der Waals surface area contributed by atoms with E-state index in [1.54, 1.807) is 32.0 Å². The highest BCUT2D eigenvalue weighted by molar-refractivity contribution is 5.97. The number of hydrogen-bond donors (Lipinski definition) is 2. The van der Waals surface area contributed by atoms with Crippen molar-refractivity contribution < 1.29 is 19.4 Å². The predicted octanol–water partition coefficient (Wildman–Crippen LogP) is 1.46. The van der Waals surface area contributed by atoms with Crippen LogP contribution in [0.15, 0.2) is 18.2 Å². The van der Waals surface area contributed by atoms with E-state index in [9.17, 15) is 9.59 Å². The van der Waals surface area contributed by atoms with E-state index in [-0.39, 0.29) is 11.8 Å². The smallest absolute Gasteiger partial charge is 0.326 e. The topological polar surface area (TPSA) is 75.6 Å². The Hall–Kier alpha value is -2.04. The van der Waals surface area contributed by atoms with Crippen molar-refractivity contribution in [2.75, 3.05) is 6.61 Å². The van der Waals surface area contributed by atoms with E-state index >= 15 is 0 Å². The number of amides is 1. The maximum atomic E-state index is 12.0. The van der Waals surface area contributed by atoms with Gasteiger partial charge in [0.15, 0.2) is 0 Å². The maximum absolute atomic E-state index is 12.0. The van der Waals surface area contributed by atoms with Gasteiger partial charge in [0.05, 0.1) is 6.61 Å². The van der Waals surface area contributed by atoms with E-state index in [0.717, 1.165) is 17.7 Å². The molecule has 0 saturated heterocycles. The zero-order valence-corrected chi connectivity index (χ0v) is 11.0. The van der Waals surface area contributed by atoms with Gasteiger partial charge in [-0.15, -0.1) is 0 Å². The molecule has 0 fully saturated rings. The molecule has 1 aromatic rings. The fourth-order valence-electron chi connectivity index (χ4n) is 2.07. The number of carbonyl (C=O) groups excluding carboxylic acids is 1. The Labute approximate surface area is 111 Å². The molecular formula is C14H17NO4. The van der Waals surface area contributed by atoms with Gasteiger partial charge in [0.25, 0.3) is 5.91 Å². The Morgan fingerprint density at radius 3 is 2.74 bits per heavy atom. The van der Waals surface area contributed by atoms with Crippen LogP contribution in [0.25, 0.3) is 0 Å². The summed E-state index contributed by atoms with van der Waals surface area (Å²) < 4.78 is 5.36. The molecule has 0 unspecified atom stereocenters. The van der Waals surface area contributed by atoms with Crippen molar-refractivity contribution in [3.05, 3.63) is 29.3 Å². The molecule has 0 radical (unpaired) electrons. The quantitative estimate of drug-likeness (QED) is 0.862. The van der Waals surface area contributed by atoms with Gasteiger partial charge in [0.2, 0.25) is 0 Å². The van der Waals surface area contributed by atoms with Crippen LogP contribution in [-0.2, 0) is 11.2 Å². The van der Waals surface area contributed by atoms with E-state index in [4.69, 9.17) is 9.84 Å². The fraction of sp³-hybridized carbons (Fsp3) is 0.429. The molecule has 19 heavy (non-hydrogen) atoms. The molecule has 0 bridgehead atoms. The van der Waals surface area contributed by atoms with Gasteiger partial charge in [-0.25, -0.2) is 4.79 Å². The molecular weight excluding hydrogens is 246 g/mol. The Balaban J connectivity index is 2.13. The molecule has 1 amide bonds. The van der Waals surface area contributed by atoms with E-state index in [2.05, 4.69) is 5.32 Å². The Morgan fingerprint density at radius 2 is 2.11 bits per heavy atom.